The van der Waals surface area contributed by atoms with E-state index in [1.807, 2.05) is 0 Å². The summed E-state index contributed by atoms with van der Waals surface area (Å²) in [6, 6.07) is 10.8. The summed E-state index contributed by atoms with van der Waals surface area (Å²) in [5.41, 5.74) is 1.85. The lowest BCUT2D eigenvalue weighted by atomic mass is 9.54. The first-order chi connectivity index (χ1) is 12.3. The van der Waals surface area contributed by atoms with Crippen molar-refractivity contribution < 1.29 is 18.9 Å². The molecule has 1 atom stereocenters. The molecule has 0 bridgehead atoms. The molecule has 0 heterocycles. The zero-order valence-corrected chi connectivity index (χ0v) is 18.9. The van der Waals surface area contributed by atoms with Gasteiger partial charge in [-0.15, -0.1) is 0 Å². The molecule has 1 unspecified atom stereocenters. The summed E-state index contributed by atoms with van der Waals surface area (Å²) in [4.78, 5) is 17.6. The molecule has 0 radical (unpaired) electrons. The van der Waals surface area contributed by atoms with Crippen molar-refractivity contribution in [2.45, 2.75) is 85.5 Å². The summed E-state index contributed by atoms with van der Waals surface area (Å²) in [7, 11) is -4.35. The lowest BCUT2D eigenvalue weighted by Gasteiger charge is -2.50. The van der Waals surface area contributed by atoms with Crippen molar-refractivity contribution in [1.29, 1.82) is 0 Å². The topological polar surface area (TPSA) is 66.8 Å². The second-order valence-corrected chi connectivity index (χ2v) is 10.8. The molecule has 5 heteroatoms. The summed E-state index contributed by atoms with van der Waals surface area (Å²) in [6.07, 6.45) is 5.84. The number of benzene rings is 1. The van der Waals surface area contributed by atoms with E-state index in [9.17, 15) is 4.57 Å². The van der Waals surface area contributed by atoms with Gasteiger partial charge in [0.05, 0.1) is 6.61 Å². The van der Waals surface area contributed by atoms with Crippen LogP contribution in [0.4, 0.5) is 0 Å². The van der Waals surface area contributed by atoms with Gasteiger partial charge in [0.15, 0.2) is 0 Å². The van der Waals surface area contributed by atoms with Crippen molar-refractivity contribution in [3.8, 4) is 0 Å². The maximum absolute atomic E-state index is 10.8. The molecule has 1 aromatic rings. The van der Waals surface area contributed by atoms with Gasteiger partial charge in [-0.1, -0.05) is 84.7 Å². The predicted molar refractivity (Wildman–Crippen MR) is 113 cm³/mol. The van der Waals surface area contributed by atoms with Crippen LogP contribution in [-0.2, 0) is 14.5 Å². The first-order valence-corrected chi connectivity index (χ1v) is 11.6. The van der Waals surface area contributed by atoms with Crippen LogP contribution in [0.3, 0.4) is 0 Å². The van der Waals surface area contributed by atoms with Gasteiger partial charge in [0, 0.05) is 5.41 Å². The first kappa shape index (κ1) is 24.4. The molecule has 0 fully saturated rings. The largest absolute Gasteiger partial charge is 0.469 e. The van der Waals surface area contributed by atoms with Crippen LogP contribution in [0.15, 0.2) is 30.3 Å². The van der Waals surface area contributed by atoms with Gasteiger partial charge in [0.2, 0.25) is 0 Å². The summed E-state index contributed by atoms with van der Waals surface area (Å²) in [6.45, 7) is 14.1. The van der Waals surface area contributed by atoms with E-state index in [1.165, 1.54) is 5.56 Å². The van der Waals surface area contributed by atoms with Gasteiger partial charge in [0.1, 0.15) is 0 Å². The number of phosphoric acid groups is 1. The van der Waals surface area contributed by atoms with Gasteiger partial charge in [-0.05, 0) is 42.1 Å². The molecule has 0 amide bonds. The van der Waals surface area contributed by atoms with Gasteiger partial charge in [-0.2, -0.15) is 0 Å². The number of unbranched alkanes of at least 4 members (excludes halogenated alkanes) is 2. The minimum Gasteiger partial charge on any atom is -0.303 e. The van der Waals surface area contributed by atoms with E-state index in [4.69, 9.17) is 9.79 Å². The SMILES string of the molecule is CCC(CCCCCOP(=O)(O)O)(c1ccccc1)C(C)(C)CC(C)(C)C. The van der Waals surface area contributed by atoms with Gasteiger partial charge >= 0.3 is 7.82 Å². The van der Waals surface area contributed by atoms with Crippen molar-refractivity contribution in [3.05, 3.63) is 35.9 Å². The van der Waals surface area contributed by atoms with Crippen LogP contribution >= 0.6 is 7.82 Å². The van der Waals surface area contributed by atoms with Crippen LogP contribution < -0.4 is 0 Å². The van der Waals surface area contributed by atoms with Crippen LogP contribution in [-0.4, -0.2) is 16.4 Å². The molecule has 4 nitrogen and oxygen atoms in total. The fourth-order valence-electron chi connectivity index (χ4n) is 4.87. The lowest BCUT2D eigenvalue weighted by Crippen LogP contribution is -2.43. The Bertz CT molecular complexity index is 600. The zero-order valence-electron chi connectivity index (χ0n) is 18.0. The average molecular weight is 399 g/mol. The van der Waals surface area contributed by atoms with Crippen molar-refractivity contribution >= 4 is 7.82 Å². The third kappa shape index (κ3) is 7.69. The standard InChI is InChI=1S/C22H39O4P/c1-7-22(19-14-10-8-11-15-19,21(5,6)18-20(2,3)4)16-12-9-13-17-26-27(23,24)25/h8,10-11,14-15H,7,9,12-13,16-18H2,1-6H3,(H2,23,24,25). The first-order valence-electron chi connectivity index (χ1n) is 10.1. The highest BCUT2D eigenvalue weighted by Crippen LogP contribution is 2.53. The fraction of sp³-hybridized carbons (Fsp3) is 0.727. The number of hydrogen-bond donors (Lipinski definition) is 2. The summed E-state index contributed by atoms with van der Waals surface area (Å²) in [5, 5.41) is 0. The highest BCUT2D eigenvalue weighted by Gasteiger charge is 2.45. The Labute approximate surface area is 166 Å². The average Bonchev–Trinajstić information content (AvgIpc) is 2.52. The summed E-state index contributed by atoms with van der Waals surface area (Å²) in [5.74, 6) is 0. The highest BCUT2D eigenvalue weighted by molar-refractivity contribution is 7.46. The van der Waals surface area contributed by atoms with E-state index in [0.29, 0.717) is 6.42 Å². The molecule has 27 heavy (non-hydrogen) atoms. The van der Waals surface area contributed by atoms with Crippen molar-refractivity contribution in [2.24, 2.45) is 10.8 Å². The molecule has 0 aliphatic carbocycles. The molecule has 1 aromatic carbocycles. The van der Waals surface area contributed by atoms with Gasteiger partial charge in [0.25, 0.3) is 0 Å². The van der Waals surface area contributed by atoms with Crippen LogP contribution in [0, 0.1) is 10.8 Å². The van der Waals surface area contributed by atoms with E-state index in [1.54, 1.807) is 0 Å². The Morgan fingerprint density at radius 3 is 2.04 bits per heavy atom. The normalized spacial score (nSPS) is 15.6. The van der Waals surface area contributed by atoms with Gasteiger partial charge in [-0.3, -0.25) is 4.52 Å². The number of phosphoric ester groups is 1. The molecule has 2 N–H and O–H groups in total. The molecule has 0 aliphatic rings. The maximum atomic E-state index is 10.8. The van der Waals surface area contributed by atoms with Gasteiger partial charge in [-0.25, -0.2) is 4.57 Å². The van der Waals surface area contributed by atoms with Crippen molar-refractivity contribution in [1.82, 2.24) is 0 Å². The van der Waals surface area contributed by atoms with E-state index >= 15 is 0 Å². The molecule has 0 spiro atoms. The Morgan fingerprint density at radius 2 is 1.56 bits per heavy atom. The Balaban J connectivity index is 2.93. The second-order valence-electron chi connectivity index (χ2n) is 9.56. The quantitative estimate of drug-likeness (QED) is 0.331. The molecule has 0 aliphatic heterocycles. The Kier molecular flexibility index (Phi) is 8.75. The third-order valence-corrected chi connectivity index (χ3v) is 6.22. The predicted octanol–water partition coefficient (Wildman–Crippen LogP) is 6.47. The number of hydrogen-bond acceptors (Lipinski definition) is 2. The van der Waals surface area contributed by atoms with Gasteiger partial charge < -0.3 is 9.79 Å². The molecular weight excluding hydrogens is 359 g/mol. The highest BCUT2D eigenvalue weighted by atomic mass is 31.2. The Hall–Kier alpha value is -0.670. The number of rotatable bonds is 11. The van der Waals surface area contributed by atoms with Crippen molar-refractivity contribution in [3.63, 3.8) is 0 Å². The fourth-order valence-corrected chi connectivity index (χ4v) is 5.24. The molecule has 0 saturated heterocycles. The summed E-state index contributed by atoms with van der Waals surface area (Å²) >= 11 is 0. The van der Waals surface area contributed by atoms with Crippen LogP contribution in [0.2, 0.25) is 0 Å². The smallest absolute Gasteiger partial charge is 0.303 e. The molecule has 1 rings (SSSR count). The van der Waals surface area contributed by atoms with E-state index < -0.39 is 7.82 Å². The van der Waals surface area contributed by atoms with Crippen LogP contribution in [0.1, 0.15) is 85.6 Å². The van der Waals surface area contributed by atoms with Crippen LogP contribution in [0.25, 0.3) is 0 Å². The lowest BCUT2D eigenvalue weighted by molar-refractivity contribution is 0.0792. The molecule has 0 aromatic heterocycles. The molecule has 0 saturated carbocycles. The third-order valence-electron chi connectivity index (χ3n) is 5.71. The van der Waals surface area contributed by atoms with Crippen molar-refractivity contribution in [2.75, 3.05) is 6.61 Å². The maximum Gasteiger partial charge on any atom is 0.469 e. The van der Waals surface area contributed by atoms with E-state index in [-0.39, 0.29) is 22.9 Å². The summed E-state index contributed by atoms with van der Waals surface area (Å²) < 4.78 is 15.4. The van der Waals surface area contributed by atoms with Crippen LogP contribution in [0.5, 0.6) is 0 Å². The van der Waals surface area contributed by atoms with E-state index in [0.717, 1.165) is 32.1 Å². The van der Waals surface area contributed by atoms with E-state index in [2.05, 4.69) is 76.4 Å². The molecule has 156 valence electrons. The monoisotopic (exact) mass is 398 g/mol. The molecular formula is C22H39O4P. The minimum absolute atomic E-state index is 0.0750. The Morgan fingerprint density at radius 1 is 0.963 bits per heavy atom. The zero-order chi connectivity index (χ0) is 20.8. The minimum atomic E-state index is -4.35. The second kappa shape index (κ2) is 9.69.